The number of carboxylic acids is 1. The smallest absolute Gasteiger partial charge is 0.308 e. The predicted molar refractivity (Wildman–Crippen MR) is 65.9 cm³/mol. The van der Waals surface area contributed by atoms with Crippen molar-refractivity contribution >= 4 is 21.7 Å². The standard InChI is InChI=1S/C11H19NO5S/c1-11(2,18(3,16)17)10(15)12-6-4-5-8(7-12)9(13)14/h8H,4-7H2,1-3H3,(H,13,14)/t8-/m1/s1. The number of piperidine rings is 1. The van der Waals surface area contributed by atoms with Gasteiger partial charge in [-0.2, -0.15) is 0 Å². The Hall–Kier alpha value is -1.11. The molecule has 0 saturated carbocycles. The van der Waals surface area contributed by atoms with Gasteiger partial charge in [0, 0.05) is 19.3 Å². The summed E-state index contributed by atoms with van der Waals surface area (Å²) >= 11 is 0. The lowest BCUT2D eigenvalue weighted by Gasteiger charge is -2.35. The monoisotopic (exact) mass is 277 g/mol. The zero-order valence-electron chi connectivity index (χ0n) is 10.8. The van der Waals surface area contributed by atoms with Crippen LogP contribution in [0.3, 0.4) is 0 Å². The molecule has 1 atom stereocenters. The molecule has 0 aliphatic carbocycles. The Morgan fingerprint density at radius 1 is 1.33 bits per heavy atom. The van der Waals surface area contributed by atoms with Crippen LogP contribution >= 0.6 is 0 Å². The van der Waals surface area contributed by atoms with E-state index >= 15 is 0 Å². The van der Waals surface area contributed by atoms with E-state index in [4.69, 9.17) is 5.11 Å². The molecule has 1 rings (SSSR count). The van der Waals surface area contributed by atoms with E-state index < -0.39 is 32.4 Å². The normalized spacial score (nSPS) is 21.7. The molecule has 0 radical (unpaired) electrons. The SMILES string of the molecule is CC(C)(C(=O)N1CCC[C@@H](C(=O)O)C1)S(C)(=O)=O. The minimum Gasteiger partial charge on any atom is -0.481 e. The Labute approximate surface area is 107 Å². The second-order valence-corrected chi connectivity index (χ2v) is 7.78. The van der Waals surface area contributed by atoms with Crippen LogP contribution in [0.2, 0.25) is 0 Å². The van der Waals surface area contributed by atoms with Crippen LogP contribution in [-0.2, 0) is 19.4 Å². The molecule has 6 nitrogen and oxygen atoms in total. The highest BCUT2D eigenvalue weighted by atomic mass is 32.2. The highest BCUT2D eigenvalue weighted by molar-refractivity contribution is 7.92. The van der Waals surface area contributed by atoms with Crippen LogP contribution in [0.4, 0.5) is 0 Å². The number of nitrogens with zero attached hydrogens (tertiary/aromatic N) is 1. The molecule has 0 spiro atoms. The molecule has 1 heterocycles. The fourth-order valence-corrected chi connectivity index (χ4v) is 2.35. The Morgan fingerprint density at radius 3 is 2.33 bits per heavy atom. The number of carbonyl (C=O) groups is 2. The van der Waals surface area contributed by atoms with Crippen molar-refractivity contribution in [2.75, 3.05) is 19.3 Å². The first-order chi connectivity index (χ1) is 8.07. The van der Waals surface area contributed by atoms with Crippen LogP contribution in [-0.4, -0.2) is 54.4 Å². The van der Waals surface area contributed by atoms with E-state index in [0.29, 0.717) is 19.4 Å². The van der Waals surface area contributed by atoms with Crippen molar-refractivity contribution in [3.63, 3.8) is 0 Å². The van der Waals surface area contributed by atoms with Crippen LogP contribution < -0.4 is 0 Å². The molecule has 0 aromatic carbocycles. The van der Waals surface area contributed by atoms with Crippen LogP contribution in [0, 0.1) is 5.92 Å². The third-order valence-corrected chi connectivity index (χ3v) is 5.53. The van der Waals surface area contributed by atoms with E-state index in [0.717, 1.165) is 6.26 Å². The maximum Gasteiger partial charge on any atom is 0.308 e. The van der Waals surface area contributed by atoms with Gasteiger partial charge in [-0.3, -0.25) is 9.59 Å². The van der Waals surface area contributed by atoms with Crippen LogP contribution in [0.25, 0.3) is 0 Å². The van der Waals surface area contributed by atoms with E-state index in [1.54, 1.807) is 0 Å². The molecule has 1 amide bonds. The molecule has 0 unspecified atom stereocenters. The van der Waals surface area contributed by atoms with Gasteiger partial charge in [0.05, 0.1) is 5.92 Å². The van der Waals surface area contributed by atoms with Gasteiger partial charge in [-0.25, -0.2) is 8.42 Å². The molecule has 0 aromatic heterocycles. The van der Waals surface area contributed by atoms with Gasteiger partial charge < -0.3 is 10.0 Å². The van der Waals surface area contributed by atoms with Gasteiger partial charge in [0.2, 0.25) is 5.91 Å². The van der Waals surface area contributed by atoms with Gasteiger partial charge in [0.1, 0.15) is 4.75 Å². The molecule has 1 saturated heterocycles. The number of hydrogen-bond acceptors (Lipinski definition) is 4. The topological polar surface area (TPSA) is 91.8 Å². The Kier molecular flexibility index (Phi) is 4.05. The summed E-state index contributed by atoms with van der Waals surface area (Å²) in [5.41, 5.74) is 0. The number of amides is 1. The number of sulfone groups is 1. The van der Waals surface area contributed by atoms with Gasteiger partial charge in [-0.15, -0.1) is 0 Å². The van der Waals surface area contributed by atoms with Crippen molar-refractivity contribution in [3.8, 4) is 0 Å². The minimum absolute atomic E-state index is 0.0904. The molecule has 7 heteroatoms. The van der Waals surface area contributed by atoms with Crippen molar-refractivity contribution < 1.29 is 23.1 Å². The molecule has 0 bridgehead atoms. The van der Waals surface area contributed by atoms with Crippen molar-refractivity contribution in [2.45, 2.75) is 31.4 Å². The fourth-order valence-electron chi connectivity index (χ4n) is 1.90. The summed E-state index contributed by atoms with van der Waals surface area (Å²) in [7, 11) is -3.53. The Morgan fingerprint density at radius 2 is 1.89 bits per heavy atom. The lowest BCUT2D eigenvalue weighted by Crippen LogP contribution is -2.53. The summed E-state index contributed by atoms with van der Waals surface area (Å²) in [6, 6.07) is 0. The maximum absolute atomic E-state index is 12.2. The molecular weight excluding hydrogens is 258 g/mol. The lowest BCUT2D eigenvalue weighted by atomic mass is 9.97. The third kappa shape index (κ3) is 2.82. The largest absolute Gasteiger partial charge is 0.481 e. The summed E-state index contributed by atoms with van der Waals surface area (Å²) in [6.07, 6.45) is 2.13. The number of rotatable bonds is 3. The van der Waals surface area contributed by atoms with E-state index in [9.17, 15) is 18.0 Å². The van der Waals surface area contributed by atoms with Crippen molar-refractivity contribution in [1.82, 2.24) is 4.90 Å². The van der Waals surface area contributed by atoms with Crippen molar-refractivity contribution in [2.24, 2.45) is 5.92 Å². The number of aliphatic carboxylic acids is 1. The van der Waals surface area contributed by atoms with Gasteiger partial charge in [-0.1, -0.05) is 0 Å². The molecule has 1 aliphatic rings. The van der Waals surface area contributed by atoms with Crippen LogP contribution in [0.5, 0.6) is 0 Å². The molecule has 1 fully saturated rings. The first-order valence-electron chi connectivity index (χ1n) is 5.79. The lowest BCUT2D eigenvalue weighted by molar-refractivity contribution is -0.146. The summed E-state index contributed by atoms with van der Waals surface area (Å²) < 4.78 is 21.7. The summed E-state index contributed by atoms with van der Waals surface area (Å²) in [5, 5.41) is 8.94. The molecule has 18 heavy (non-hydrogen) atoms. The average molecular weight is 277 g/mol. The number of carbonyl (C=O) groups excluding carboxylic acids is 1. The highest BCUT2D eigenvalue weighted by Gasteiger charge is 2.43. The molecule has 104 valence electrons. The van der Waals surface area contributed by atoms with Crippen molar-refractivity contribution in [3.05, 3.63) is 0 Å². The zero-order valence-corrected chi connectivity index (χ0v) is 11.7. The number of likely N-dealkylation sites (tertiary alicyclic amines) is 1. The second kappa shape index (κ2) is 4.87. The van der Waals surface area contributed by atoms with Crippen molar-refractivity contribution in [1.29, 1.82) is 0 Å². The van der Waals surface area contributed by atoms with Crippen LogP contribution in [0.15, 0.2) is 0 Å². The van der Waals surface area contributed by atoms with Gasteiger partial charge in [0.15, 0.2) is 9.84 Å². The minimum atomic E-state index is -3.53. The maximum atomic E-state index is 12.2. The summed E-state index contributed by atoms with van der Waals surface area (Å²) in [5.74, 6) is -2.06. The van der Waals surface area contributed by atoms with E-state index in [-0.39, 0.29) is 6.54 Å². The average Bonchev–Trinajstić information content (AvgIpc) is 2.26. The van der Waals surface area contributed by atoms with Crippen LogP contribution in [0.1, 0.15) is 26.7 Å². The third-order valence-electron chi connectivity index (χ3n) is 3.50. The Bertz CT molecular complexity index is 454. The Balaban J connectivity index is 2.88. The van der Waals surface area contributed by atoms with Gasteiger partial charge >= 0.3 is 5.97 Å². The number of hydrogen-bond donors (Lipinski definition) is 1. The highest BCUT2D eigenvalue weighted by Crippen LogP contribution is 2.23. The van der Waals surface area contributed by atoms with E-state index in [2.05, 4.69) is 0 Å². The van der Waals surface area contributed by atoms with Gasteiger partial charge in [-0.05, 0) is 26.7 Å². The summed E-state index contributed by atoms with van der Waals surface area (Å²) in [4.78, 5) is 24.5. The second-order valence-electron chi connectivity index (χ2n) is 5.21. The van der Waals surface area contributed by atoms with E-state index in [1.165, 1.54) is 18.7 Å². The molecular formula is C11H19NO5S. The fraction of sp³-hybridized carbons (Fsp3) is 0.818. The van der Waals surface area contributed by atoms with Gasteiger partial charge in [0.25, 0.3) is 0 Å². The number of carboxylic acid groups (broad SMARTS) is 1. The first-order valence-corrected chi connectivity index (χ1v) is 7.68. The molecule has 1 aliphatic heterocycles. The predicted octanol–water partition coefficient (Wildman–Crippen LogP) is 0.133. The molecule has 0 aromatic rings. The summed E-state index contributed by atoms with van der Waals surface area (Å²) in [6.45, 7) is 3.22. The first kappa shape index (κ1) is 14.9. The quantitative estimate of drug-likeness (QED) is 0.792. The molecule has 1 N–H and O–H groups in total. The van der Waals surface area contributed by atoms with E-state index in [1.807, 2.05) is 0 Å². The zero-order chi connectivity index (χ0) is 14.1.